The third kappa shape index (κ3) is 2.79. The number of benzene rings is 1. The highest BCUT2D eigenvalue weighted by atomic mass is 16.3. The summed E-state index contributed by atoms with van der Waals surface area (Å²) in [5, 5.41) is 12.2. The SMILES string of the molecule is C[n+]1ccn(CC(=O)Nc2ccc(N)cc2O)c1. The van der Waals surface area contributed by atoms with Gasteiger partial charge in [-0.1, -0.05) is 0 Å². The first-order valence-electron chi connectivity index (χ1n) is 5.44. The summed E-state index contributed by atoms with van der Waals surface area (Å²) in [6, 6.07) is 4.58. The van der Waals surface area contributed by atoms with Gasteiger partial charge in [0.15, 0.2) is 6.54 Å². The number of nitrogens with one attached hydrogen (secondary N) is 1. The Morgan fingerprint density at radius 2 is 2.33 bits per heavy atom. The molecule has 0 aliphatic carbocycles. The van der Waals surface area contributed by atoms with Crippen LogP contribution in [-0.4, -0.2) is 15.6 Å². The molecule has 1 aromatic carbocycles. The van der Waals surface area contributed by atoms with Crippen LogP contribution in [0, 0.1) is 0 Å². The summed E-state index contributed by atoms with van der Waals surface area (Å²) in [5.74, 6) is -0.257. The fraction of sp³-hybridized carbons (Fsp3) is 0.167. The number of aromatic hydroxyl groups is 1. The minimum absolute atomic E-state index is 0.0404. The monoisotopic (exact) mass is 247 g/mol. The smallest absolute Gasteiger partial charge is 0.266 e. The van der Waals surface area contributed by atoms with Crippen molar-refractivity contribution in [3.05, 3.63) is 36.9 Å². The van der Waals surface area contributed by atoms with E-state index < -0.39 is 0 Å². The number of nitrogen functional groups attached to an aromatic ring is 1. The van der Waals surface area contributed by atoms with Gasteiger partial charge in [-0.2, -0.15) is 0 Å². The Labute approximate surface area is 104 Å². The molecule has 0 fully saturated rings. The summed E-state index contributed by atoms with van der Waals surface area (Å²) in [5.41, 5.74) is 6.30. The zero-order valence-corrected chi connectivity index (χ0v) is 10.00. The number of hydrogen-bond acceptors (Lipinski definition) is 3. The van der Waals surface area contributed by atoms with Crippen LogP contribution in [0.25, 0.3) is 0 Å². The van der Waals surface area contributed by atoms with Gasteiger partial charge >= 0.3 is 0 Å². The second kappa shape index (κ2) is 4.79. The predicted molar refractivity (Wildman–Crippen MR) is 66.8 cm³/mol. The van der Waals surface area contributed by atoms with Crippen molar-refractivity contribution in [2.75, 3.05) is 11.1 Å². The number of aromatic nitrogens is 2. The lowest BCUT2D eigenvalue weighted by Gasteiger charge is -2.06. The van der Waals surface area contributed by atoms with Gasteiger partial charge in [0.1, 0.15) is 18.1 Å². The topological polar surface area (TPSA) is 84.2 Å². The number of carbonyl (C=O) groups excluding carboxylic acids is 1. The molecule has 2 aromatic rings. The van der Waals surface area contributed by atoms with Crippen LogP contribution in [0.2, 0.25) is 0 Å². The number of rotatable bonds is 3. The van der Waals surface area contributed by atoms with Crippen molar-refractivity contribution in [2.45, 2.75) is 6.54 Å². The maximum absolute atomic E-state index is 11.7. The molecule has 0 radical (unpaired) electrons. The number of carbonyl (C=O) groups is 1. The third-order valence-electron chi connectivity index (χ3n) is 2.45. The van der Waals surface area contributed by atoms with Crippen molar-refractivity contribution in [3.8, 4) is 5.75 Å². The van der Waals surface area contributed by atoms with E-state index in [9.17, 15) is 9.90 Å². The number of imidazole rings is 1. The van der Waals surface area contributed by atoms with Crippen LogP contribution in [0.5, 0.6) is 5.75 Å². The molecule has 0 unspecified atom stereocenters. The summed E-state index contributed by atoms with van der Waals surface area (Å²) in [4.78, 5) is 11.7. The van der Waals surface area contributed by atoms with Gasteiger partial charge in [-0.25, -0.2) is 9.13 Å². The quantitative estimate of drug-likeness (QED) is 0.412. The Kier molecular flexibility index (Phi) is 3.18. The molecule has 94 valence electrons. The molecule has 0 atom stereocenters. The fourth-order valence-electron chi connectivity index (χ4n) is 1.61. The van der Waals surface area contributed by atoms with Gasteiger partial charge in [-0.15, -0.1) is 0 Å². The molecule has 0 bridgehead atoms. The van der Waals surface area contributed by atoms with Gasteiger partial charge in [-0.3, -0.25) is 4.79 Å². The average molecular weight is 247 g/mol. The molecular formula is C12H15N4O2+. The average Bonchev–Trinajstić information content (AvgIpc) is 2.68. The van der Waals surface area contributed by atoms with Gasteiger partial charge in [-0.05, 0) is 12.1 Å². The molecule has 0 saturated carbocycles. The van der Waals surface area contributed by atoms with E-state index in [1.807, 2.05) is 17.8 Å². The highest BCUT2D eigenvalue weighted by molar-refractivity contribution is 5.92. The highest BCUT2D eigenvalue weighted by Gasteiger charge is 2.10. The number of anilines is 2. The van der Waals surface area contributed by atoms with E-state index >= 15 is 0 Å². The van der Waals surface area contributed by atoms with Crippen LogP contribution in [0.3, 0.4) is 0 Å². The van der Waals surface area contributed by atoms with Gasteiger partial charge in [0.25, 0.3) is 5.91 Å². The summed E-state index contributed by atoms with van der Waals surface area (Å²) in [6.07, 6.45) is 5.43. The van der Waals surface area contributed by atoms with Crippen molar-refractivity contribution in [3.63, 3.8) is 0 Å². The lowest BCUT2D eigenvalue weighted by molar-refractivity contribution is -0.671. The third-order valence-corrected chi connectivity index (χ3v) is 2.45. The van der Waals surface area contributed by atoms with Gasteiger partial charge in [0.05, 0.1) is 12.7 Å². The Bertz CT molecular complexity index is 577. The molecule has 1 heterocycles. The summed E-state index contributed by atoms with van der Waals surface area (Å²) < 4.78 is 3.58. The van der Waals surface area contributed by atoms with Crippen LogP contribution in [0.15, 0.2) is 36.9 Å². The first-order chi connectivity index (χ1) is 8.54. The molecule has 6 nitrogen and oxygen atoms in total. The normalized spacial score (nSPS) is 10.3. The molecule has 0 aliphatic heterocycles. The van der Waals surface area contributed by atoms with Crippen molar-refractivity contribution < 1.29 is 14.5 Å². The van der Waals surface area contributed by atoms with E-state index in [-0.39, 0.29) is 18.2 Å². The number of nitrogens with two attached hydrogens (primary N) is 1. The maximum Gasteiger partial charge on any atom is 0.266 e. The molecule has 1 amide bonds. The van der Waals surface area contributed by atoms with Crippen LogP contribution >= 0.6 is 0 Å². The van der Waals surface area contributed by atoms with Gasteiger partial charge in [0.2, 0.25) is 6.33 Å². The van der Waals surface area contributed by atoms with E-state index in [4.69, 9.17) is 5.73 Å². The molecule has 0 aliphatic rings. The molecular weight excluding hydrogens is 232 g/mol. The summed E-state index contributed by atoms with van der Waals surface area (Å²) in [6.45, 7) is 0.185. The first kappa shape index (κ1) is 12.0. The highest BCUT2D eigenvalue weighted by Crippen LogP contribution is 2.25. The number of phenols is 1. The van der Waals surface area contributed by atoms with Crippen molar-refractivity contribution >= 4 is 17.3 Å². The van der Waals surface area contributed by atoms with Crippen molar-refractivity contribution in [2.24, 2.45) is 7.05 Å². The fourth-order valence-corrected chi connectivity index (χ4v) is 1.61. The number of hydrogen-bond donors (Lipinski definition) is 3. The maximum atomic E-state index is 11.7. The van der Waals surface area contributed by atoms with E-state index in [0.29, 0.717) is 11.4 Å². The Balaban J connectivity index is 2.03. The Morgan fingerprint density at radius 3 is 2.94 bits per heavy atom. The van der Waals surface area contributed by atoms with Crippen LogP contribution in [0.4, 0.5) is 11.4 Å². The molecule has 1 aromatic heterocycles. The molecule has 6 heteroatoms. The second-order valence-electron chi connectivity index (χ2n) is 4.08. The predicted octanol–water partition coefficient (Wildman–Crippen LogP) is 0.239. The second-order valence-corrected chi connectivity index (χ2v) is 4.08. The van der Waals surface area contributed by atoms with Gasteiger partial charge in [0, 0.05) is 11.8 Å². The molecule has 0 saturated heterocycles. The molecule has 18 heavy (non-hydrogen) atoms. The number of amides is 1. The number of phenolic OH excluding ortho intramolecular Hbond substituents is 1. The minimum Gasteiger partial charge on any atom is -0.506 e. The molecule has 2 rings (SSSR count). The standard InChI is InChI=1S/C12H14N4O2/c1-15-4-5-16(8-15)7-12(18)14-10-3-2-9(13)6-11(10)17/h2-6,8H,7,13H2,1H3,(H-,14,17,18)/p+1. The van der Waals surface area contributed by atoms with Crippen molar-refractivity contribution in [1.29, 1.82) is 0 Å². The molecule has 0 spiro atoms. The zero-order valence-electron chi connectivity index (χ0n) is 10.00. The van der Waals surface area contributed by atoms with E-state index in [2.05, 4.69) is 5.32 Å². The van der Waals surface area contributed by atoms with E-state index in [0.717, 1.165) is 0 Å². The largest absolute Gasteiger partial charge is 0.506 e. The van der Waals surface area contributed by atoms with Crippen molar-refractivity contribution in [1.82, 2.24) is 4.57 Å². The van der Waals surface area contributed by atoms with E-state index in [1.165, 1.54) is 6.07 Å². The van der Waals surface area contributed by atoms with Crippen LogP contribution in [0.1, 0.15) is 0 Å². The Morgan fingerprint density at radius 1 is 1.56 bits per heavy atom. The lowest BCUT2D eigenvalue weighted by atomic mass is 10.2. The zero-order chi connectivity index (χ0) is 13.1. The summed E-state index contributed by atoms with van der Waals surface area (Å²) >= 11 is 0. The van der Waals surface area contributed by atoms with Crippen LogP contribution in [-0.2, 0) is 18.4 Å². The summed E-state index contributed by atoms with van der Waals surface area (Å²) in [7, 11) is 1.88. The van der Waals surface area contributed by atoms with Crippen LogP contribution < -0.4 is 15.6 Å². The Hall–Kier alpha value is -2.50. The lowest BCUT2D eigenvalue weighted by Crippen LogP contribution is -2.25. The first-order valence-corrected chi connectivity index (χ1v) is 5.44. The van der Waals surface area contributed by atoms with Gasteiger partial charge < -0.3 is 16.2 Å². The van der Waals surface area contributed by atoms with E-state index in [1.54, 1.807) is 29.2 Å². The number of aryl methyl sites for hydroxylation is 1. The minimum atomic E-state index is -0.216. The number of nitrogens with zero attached hydrogens (tertiary/aromatic N) is 2. The molecule has 4 N–H and O–H groups in total.